The highest BCUT2D eigenvalue weighted by Crippen LogP contribution is 2.36. The van der Waals surface area contributed by atoms with E-state index in [1.165, 1.54) is 16.0 Å². The average molecular weight is 430 g/mol. The van der Waals surface area contributed by atoms with Gasteiger partial charge in [0.2, 0.25) is 5.95 Å². The first kappa shape index (κ1) is 21.1. The second-order valence-corrected chi connectivity index (χ2v) is 8.94. The van der Waals surface area contributed by atoms with Gasteiger partial charge in [-0.3, -0.25) is 0 Å². The lowest BCUT2D eigenvalue weighted by Crippen LogP contribution is -2.08. The van der Waals surface area contributed by atoms with Crippen molar-refractivity contribution < 1.29 is 0 Å². The lowest BCUT2D eigenvalue weighted by molar-refractivity contribution is 0.587. The first-order chi connectivity index (χ1) is 14.9. The quantitative estimate of drug-likeness (QED) is 0.376. The molecule has 6 heteroatoms. The third kappa shape index (κ3) is 4.49. The van der Waals surface area contributed by atoms with Crippen LogP contribution in [0.5, 0.6) is 0 Å². The van der Waals surface area contributed by atoms with Crippen molar-refractivity contribution in [3.8, 4) is 22.5 Å². The van der Waals surface area contributed by atoms with Gasteiger partial charge in [0.05, 0.1) is 11.9 Å². The van der Waals surface area contributed by atoms with E-state index in [0.717, 1.165) is 34.1 Å². The minimum Gasteiger partial charge on any atom is -0.368 e. The molecule has 0 atom stereocenters. The molecular formula is C25H27N5S. The van der Waals surface area contributed by atoms with Crippen LogP contribution in [0.25, 0.3) is 22.5 Å². The van der Waals surface area contributed by atoms with E-state index in [0.29, 0.717) is 0 Å². The summed E-state index contributed by atoms with van der Waals surface area (Å²) in [5.41, 5.74) is 12.3. The maximum Gasteiger partial charge on any atom is 0.220 e. The predicted molar refractivity (Wildman–Crippen MR) is 129 cm³/mol. The van der Waals surface area contributed by atoms with Crippen LogP contribution in [0.2, 0.25) is 0 Å². The Morgan fingerprint density at radius 2 is 1.74 bits per heavy atom. The van der Waals surface area contributed by atoms with Crippen LogP contribution in [0.15, 0.2) is 65.8 Å². The van der Waals surface area contributed by atoms with Gasteiger partial charge in [-0.2, -0.15) is 0 Å². The van der Waals surface area contributed by atoms with Crippen molar-refractivity contribution in [3.63, 3.8) is 0 Å². The van der Waals surface area contributed by atoms with Crippen molar-refractivity contribution in [1.29, 1.82) is 0 Å². The lowest BCUT2D eigenvalue weighted by Gasteiger charge is -2.17. The van der Waals surface area contributed by atoms with E-state index >= 15 is 0 Å². The molecule has 0 spiro atoms. The van der Waals surface area contributed by atoms with E-state index in [9.17, 15) is 0 Å². The number of anilines is 1. The van der Waals surface area contributed by atoms with Crippen molar-refractivity contribution >= 4 is 17.7 Å². The van der Waals surface area contributed by atoms with Gasteiger partial charge in [0.1, 0.15) is 11.5 Å². The molecule has 2 aromatic heterocycles. The number of rotatable bonds is 6. The molecule has 158 valence electrons. The molecule has 4 aromatic rings. The molecular weight excluding hydrogens is 402 g/mol. The summed E-state index contributed by atoms with van der Waals surface area (Å²) in [4.78, 5) is 14.7. The molecule has 0 saturated heterocycles. The number of benzene rings is 2. The average Bonchev–Trinajstić information content (AvgIpc) is 3.15. The lowest BCUT2D eigenvalue weighted by atomic mass is 9.99. The molecule has 0 unspecified atom stereocenters. The van der Waals surface area contributed by atoms with E-state index in [2.05, 4.69) is 82.8 Å². The number of nitrogens with two attached hydrogens (primary N) is 1. The topological polar surface area (TPSA) is 69.6 Å². The van der Waals surface area contributed by atoms with E-state index in [1.54, 1.807) is 0 Å². The fraction of sp³-hybridized carbons (Fsp3) is 0.240. The number of hydrogen-bond donors (Lipinski definition) is 1. The Morgan fingerprint density at radius 1 is 0.968 bits per heavy atom. The van der Waals surface area contributed by atoms with Gasteiger partial charge in [-0.05, 0) is 56.5 Å². The Morgan fingerprint density at radius 3 is 2.45 bits per heavy atom. The Kier molecular flexibility index (Phi) is 6.09. The summed E-state index contributed by atoms with van der Waals surface area (Å²) in [6.45, 7) is 8.43. The van der Waals surface area contributed by atoms with E-state index in [-0.39, 0.29) is 12.0 Å². The van der Waals surface area contributed by atoms with Crippen LogP contribution in [0.3, 0.4) is 0 Å². The van der Waals surface area contributed by atoms with Crippen molar-refractivity contribution in [3.05, 3.63) is 77.9 Å². The number of imidazole rings is 1. The van der Waals surface area contributed by atoms with Crippen LogP contribution >= 0.6 is 11.8 Å². The van der Waals surface area contributed by atoms with Crippen LogP contribution < -0.4 is 5.73 Å². The number of nitrogens with zero attached hydrogens (tertiary/aromatic N) is 4. The van der Waals surface area contributed by atoms with Crippen LogP contribution in [-0.4, -0.2) is 19.5 Å². The number of thioether (sulfide) groups is 1. The smallest absolute Gasteiger partial charge is 0.220 e. The number of nitrogen functional groups attached to an aromatic ring is 1. The Hall–Kier alpha value is -3.12. The minimum atomic E-state index is 0.263. The first-order valence-corrected chi connectivity index (χ1v) is 11.4. The third-order valence-corrected chi connectivity index (χ3v) is 6.35. The molecule has 2 N–H and O–H groups in total. The largest absolute Gasteiger partial charge is 0.368 e. The second kappa shape index (κ2) is 8.94. The van der Waals surface area contributed by atoms with Gasteiger partial charge in [-0.15, -0.1) is 11.8 Å². The van der Waals surface area contributed by atoms with Gasteiger partial charge in [0.15, 0.2) is 0 Å². The summed E-state index contributed by atoms with van der Waals surface area (Å²) in [5.74, 6) is 2.17. The Bertz CT molecular complexity index is 1200. The molecule has 0 bridgehead atoms. The molecule has 0 amide bonds. The first-order valence-electron chi connectivity index (χ1n) is 10.4. The van der Waals surface area contributed by atoms with Crippen LogP contribution in [0.1, 0.15) is 36.8 Å². The summed E-state index contributed by atoms with van der Waals surface area (Å²) in [5, 5.41) is 0. The molecule has 0 fully saturated rings. The molecule has 0 aliphatic carbocycles. The van der Waals surface area contributed by atoms with E-state index in [4.69, 9.17) is 5.73 Å². The van der Waals surface area contributed by atoms with Crippen LogP contribution in [0, 0.1) is 13.8 Å². The highest BCUT2D eigenvalue weighted by atomic mass is 32.2. The summed E-state index contributed by atoms with van der Waals surface area (Å²) in [7, 11) is 0. The maximum absolute atomic E-state index is 5.98. The van der Waals surface area contributed by atoms with E-state index < -0.39 is 0 Å². The summed E-state index contributed by atoms with van der Waals surface area (Å²) in [6.07, 6.45) is 3.70. The third-order valence-electron chi connectivity index (χ3n) is 5.28. The van der Waals surface area contributed by atoms with Gasteiger partial charge in [-0.25, -0.2) is 15.0 Å². The number of aryl methyl sites for hydroxylation is 2. The molecule has 5 nitrogen and oxygen atoms in total. The maximum atomic E-state index is 5.98. The molecule has 31 heavy (non-hydrogen) atoms. The van der Waals surface area contributed by atoms with Gasteiger partial charge in [-0.1, -0.05) is 36.4 Å². The summed E-state index contributed by atoms with van der Waals surface area (Å²) < 4.78 is 2.19. The van der Waals surface area contributed by atoms with E-state index in [1.807, 2.05) is 37.1 Å². The highest BCUT2D eigenvalue weighted by Gasteiger charge is 2.19. The minimum absolute atomic E-state index is 0.263. The standard InChI is InChI=1S/C25H27N5S/c1-16(2)30-18(4)27-14-23(30)24-22(13-28-25(26)29-24)21-11-10-20(12-17(21)3)31-15-19-8-6-5-7-9-19/h5-14,16H,15H2,1-4H3,(H2,26,28,29). The zero-order valence-corrected chi connectivity index (χ0v) is 19.1. The zero-order valence-electron chi connectivity index (χ0n) is 18.3. The normalized spacial score (nSPS) is 11.3. The molecule has 0 radical (unpaired) electrons. The number of aromatic nitrogens is 4. The van der Waals surface area contributed by atoms with Gasteiger partial charge >= 0.3 is 0 Å². The Labute approximate surface area is 187 Å². The van der Waals surface area contributed by atoms with Gasteiger partial charge < -0.3 is 10.3 Å². The molecule has 2 aromatic carbocycles. The molecule has 4 rings (SSSR count). The van der Waals surface area contributed by atoms with Crippen molar-refractivity contribution in [1.82, 2.24) is 19.5 Å². The van der Waals surface area contributed by atoms with Crippen LogP contribution in [-0.2, 0) is 5.75 Å². The summed E-state index contributed by atoms with van der Waals surface area (Å²) in [6, 6.07) is 17.3. The molecule has 0 saturated carbocycles. The fourth-order valence-electron chi connectivity index (χ4n) is 3.84. The fourth-order valence-corrected chi connectivity index (χ4v) is 4.79. The SMILES string of the molecule is Cc1cc(SCc2ccccc2)ccc1-c1cnc(N)nc1-c1cnc(C)n1C(C)C. The molecule has 0 aliphatic heterocycles. The monoisotopic (exact) mass is 429 g/mol. The Balaban J connectivity index is 1.70. The molecule has 2 heterocycles. The zero-order chi connectivity index (χ0) is 22.0. The van der Waals surface area contributed by atoms with Crippen molar-refractivity contribution in [2.24, 2.45) is 0 Å². The summed E-state index contributed by atoms with van der Waals surface area (Å²) >= 11 is 1.84. The molecule has 0 aliphatic rings. The van der Waals surface area contributed by atoms with Crippen molar-refractivity contribution in [2.45, 2.75) is 44.4 Å². The van der Waals surface area contributed by atoms with Crippen molar-refractivity contribution in [2.75, 3.05) is 5.73 Å². The van der Waals surface area contributed by atoms with Gasteiger partial charge in [0, 0.05) is 28.5 Å². The van der Waals surface area contributed by atoms with Crippen LogP contribution in [0.4, 0.5) is 5.95 Å². The predicted octanol–water partition coefficient (Wildman–Crippen LogP) is 6.08. The van der Waals surface area contributed by atoms with Gasteiger partial charge in [0.25, 0.3) is 0 Å². The second-order valence-electron chi connectivity index (χ2n) is 7.90. The number of hydrogen-bond acceptors (Lipinski definition) is 5. The highest BCUT2D eigenvalue weighted by molar-refractivity contribution is 7.98.